The van der Waals surface area contributed by atoms with Crippen LogP contribution in [0, 0.1) is 5.92 Å². The zero-order valence-electron chi connectivity index (χ0n) is 10.7. The molecule has 1 rings (SSSR count). The van der Waals surface area contributed by atoms with Crippen LogP contribution in [0.1, 0.15) is 71.6 Å². The lowest BCUT2D eigenvalue weighted by molar-refractivity contribution is 0.268. The van der Waals surface area contributed by atoms with Crippen LogP contribution in [0.4, 0.5) is 0 Å². The molecule has 15 heavy (non-hydrogen) atoms. The highest BCUT2D eigenvalue weighted by atomic mass is 14.9. The smallest absolute Gasteiger partial charge is 0.00952 e. The van der Waals surface area contributed by atoms with Gasteiger partial charge in [-0.1, -0.05) is 52.4 Å². The number of piperidine rings is 1. The number of nitrogens with one attached hydrogen (secondary N) is 1. The average molecular weight is 211 g/mol. The van der Waals surface area contributed by atoms with Crippen molar-refractivity contribution >= 4 is 0 Å². The summed E-state index contributed by atoms with van der Waals surface area (Å²) < 4.78 is 0. The van der Waals surface area contributed by atoms with E-state index in [0.29, 0.717) is 0 Å². The van der Waals surface area contributed by atoms with Gasteiger partial charge in [-0.2, -0.15) is 0 Å². The zero-order valence-corrected chi connectivity index (χ0v) is 10.7. The molecule has 1 aliphatic rings. The molecule has 0 aromatic carbocycles. The summed E-state index contributed by atoms with van der Waals surface area (Å²) in [6, 6.07) is 0.838. The van der Waals surface area contributed by atoms with Crippen molar-refractivity contribution in [3.63, 3.8) is 0 Å². The Morgan fingerprint density at radius 2 is 2.00 bits per heavy atom. The molecular formula is C14H29N. The number of hydrogen-bond donors (Lipinski definition) is 1. The second-order valence-corrected chi connectivity index (χ2v) is 5.07. The van der Waals surface area contributed by atoms with Crippen LogP contribution in [0.5, 0.6) is 0 Å². The first-order valence-electron chi connectivity index (χ1n) is 7.11. The van der Waals surface area contributed by atoms with Crippen LogP contribution >= 0.6 is 0 Å². The second kappa shape index (κ2) is 8.15. The van der Waals surface area contributed by atoms with E-state index in [-0.39, 0.29) is 0 Å². The Kier molecular flexibility index (Phi) is 7.08. The highest BCUT2D eigenvalue weighted by Gasteiger charge is 2.20. The van der Waals surface area contributed by atoms with Gasteiger partial charge in [-0.15, -0.1) is 0 Å². The summed E-state index contributed by atoms with van der Waals surface area (Å²) in [6.07, 6.45) is 12.8. The van der Waals surface area contributed by atoms with Gasteiger partial charge in [0.15, 0.2) is 0 Å². The molecule has 0 amide bonds. The molecule has 2 unspecified atom stereocenters. The van der Waals surface area contributed by atoms with Crippen LogP contribution < -0.4 is 5.32 Å². The van der Waals surface area contributed by atoms with Crippen LogP contribution in [-0.2, 0) is 0 Å². The van der Waals surface area contributed by atoms with Gasteiger partial charge in [0.2, 0.25) is 0 Å². The van der Waals surface area contributed by atoms with Gasteiger partial charge in [-0.3, -0.25) is 0 Å². The van der Waals surface area contributed by atoms with E-state index in [0.717, 1.165) is 12.0 Å². The molecule has 0 aliphatic carbocycles. The van der Waals surface area contributed by atoms with Crippen molar-refractivity contribution in [3.8, 4) is 0 Å². The van der Waals surface area contributed by atoms with Crippen LogP contribution in [0.3, 0.4) is 0 Å². The van der Waals surface area contributed by atoms with E-state index in [1.807, 2.05) is 0 Å². The maximum absolute atomic E-state index is 3.71. The topological polar surface area (TPSA) is 12.0 Å². The monoisotopic (exact) mass is 211 g/mol. The minimum Gasteiger partial charge on any atom is -0.314 e. The molecule has 1 fully saturated rings. The summed E-state index contributed by atoms with van der Waals surface area (Å²) in [5, 5.41) is 3.71. The van der Waals surface area contributed by atoms with Gasteiger partial charge in [-0.25, -0.2) is 0 Å². The first kappa shape index (κ1) is 13.0. The summed E-state index contributed by atoms with van der Waals surface area (Å²) >= 11 is 0. The molecule has 1 N–H and O–H groups in total. The molecular weight excluding hydrogens is 182 g/mol. The van der Waals surface area contributed by atoms with Crippen LogP contribution in [0.25, 0.3) is 0 Å². The molecule has 0 radical (unpaired) electrons. The Balaban J connectivity index is 2.15. The molecule has 1 saturated heterocycles. The molecule has 0 bridgehead atoms. The van der Waals surface area contributed by atoms with Crippen LogP contribution in [0.2, 0.25) is 0 Å². The van der Waals surface area contributed by atoms with Gasteiger partial charge in [-0.05, 0) is 31.7 Å². The third-order valence-corrected chi connectivity index (χ3v) is 3.87. The fourth-order valence-corrected chi connectivity index (χ4v) is 2.80. The van der Waals surface area contributed by atoms with E-state index in [2.05, 4.69) is 19.2 Å². The fourth-order valence-electron chi connectivity index (χ4n) is 2.80. The molecule has 0 aromatic heterocycles. The molecule has 0 aromatic rings. The Hall–Kier alpha value is -0.0400. The van der Waals surface area contributed by atoms with Gasteiger partial charge < -0.3 is 5.32 Å². The van der Waals surface area contributed by atoms with Gasteiger partial charge in [0.25, 0.3) is 0 Å². The summed E-state index contributed by atoms with van der Waals surface area (Å²) in [7, 11) is 0. The Morgan fingerprint density at radius 3 is 2.60 bits per heavy atom. The molecule has 1 heterocycles. The maximum atomic E-state index is 3.71. The maximum Gasteiger partial charge on any atom is 0.00952 e. The normalized spacial score (nSPS) is 24.0. The van der Waals surface area contributed by atoms with Crippen LogP contribution in [-0.4, -0.2) is 12.6 Å². The van der Waals surface area contributed by atoms with E-state index in [9.17, 15) is 0 Å². The first-order chi connectivity index (χ1) is 7.38. The molecule has 1 nitrogen and oxygen atoms in total. The Morgan fingerprint density at radius 1 is 1.13 bits per heavy atom. The predicted octanol–water partition coefficient (Wildman–Crippen LogP) is 4.13. The molecule has 90 valence electrons. The van der Waals surface area contributed by atoms with Crippen molar-refractivity contribution in [2.45, 2.75) is 77.7 Å². The average Bonchev–Trinajstić information content (AvgIpc) is 2.30. The lowest BCUT2D eigenvalue weighted by atomic mass is 9.86. The number of hydrogen-bond acceptors (Lipinski definition) is 1. The highest BCUT2D eigenvalue weighted by Crippen LogP contribution is 2.23. The highest BCUT2D eigenvalue weighted by molar-refractivity contribution is 4.79. The second-order valence-electron chi connectivity index (χ2n) is 5.07. The predicted molar refractivity (Wildman–Crippen MR) is 68.2 cm³/mol. The standard InChI is InChI=1S/C14H29N/c1-3-5-6-7-10-13(4-2)14-11-8-9-12-15-14/h13-15H,3-12H2,1-2H3. The van der Waals surface area contributed by atoms with Gasteiger partial charge in [0.05, 0.1) is 0 Å². The Bertz CT molecular complexity index is 138. The molecule has 2 atom stereocenters. The number of unbranched alkanes of at least 4 members (excludes halogenated alkanes) is 3. The molecule has 1 heteroatoms. The van der Waals surface area contributed by atoms with Gasteiger partial charge in [0.1, 0.15) is 0 Å². The summed E-state index contributed by atoms with van der Waals surface area (Å²) in [5.74, 6) is 0.946. The molecule has 0 spiro atoms. The minimum atomic E-state index is 0.838. The summed E-state index contributed by atoms with van der Waals surface area (Å²) in [6.45, 7) is 5.91. The van der Waals surface area contributed by atoms with E-state index in [1.165, 1.54) is 64.3 Å². The largest absolute Gasteiger partial charge is 0.314 e. The first-order valence-corrected chi connectivity index (χ1v) is 7.11. The van der Waals surface area contributed by atoms with E-state index in [4.69, 9.17) is 0 Å². The third kappa shape index (κ3) is 5.01. The van der Waals surface area contributed by atoms with E-state index in [1.54, 1.807) is 0 Å². The molecule has 0 saturated carbocycles. The molecule has 1 aliphatic heterocycles. The number of rotatable bonds is 7. The quantitative estimate of drug-likeness (QED) is 0.624. The zero-order chi connectivity index (χ0) is 10.9. The SMILES string of the molecule is CCCCCCC(CC)C1CCCCN1. The lowest BCUT2D eigenvalue weighted by Gasteiger charge is -2.31. The van der Waals surface area contributed by atoms with Crippen molar-refractivity contribution < 1.29 is 0 Å². The van der Waals surface area contributed by atoms with Crippen molar-refractivity contribution in [1.29, 1.82) is 0 Å². The summed E-state index contributed by atoms with van der Waals surface area (Å²) in [5.41, 5.74) is 0. The lowest BCUT2D eigenvalue weighted by Crippen LogP contribution is -2.39. The minimum absolute atomic E-state index is 0.838. The van der Waals surface area contributed by atoms with E-state index < -0.39 is 0 Å². The van der Waals surface area contributed by atoms with Crippen molar-refractivity contribution in [2.75, 3.05) is 6.54 Å². The van der Waals surface area contributed by atoms with E-state index >= 15 is 0 Å². The van der Waals surface area contributed by atoms with Crippen molar-refractivity contribution in [3.05, 3.63) is 0 Å². The van der Waals surface area contributed by atoms with Crippen LogP contribution in [0.15, 0.2) is 0 Å². The summed E-state index contributed by atoms with van der Waals surface area (Å²) in [4.78, 5) is 0. The van der Waals surface area contributed by atoms with Crippen molar-refractivity contribution in [1.82, 2.24) is 5.32 Å². The van der Waals surface area contributed by atoms with Gasteiger partial charge in [0, 0.05) is 6.04 Å². The third-order valence-electron chi connectivity index (χ3n) is 3.87. The fraction of sp³-hybridized carbons (Fsp3) is 1.00. The Labute approximate surface area is 96.0 Å². The van der Waals surface area contributed by atoms with Gasteiger partial charge >= 0.3 is 0 Å². The van der Waals surface area contributed by atoms with Crippen molar-refractivity contribution in [2.24, 2.45) is 5.92 Å².